The van der Waals surface area contributed by atoms with Crippen LogP contribution < -0.4 is 5.32 Å². The van der Waals surface area contributed by atoms with Crippen molar-refractivity contribution in [3.05, 3.63) is 24.0 Å². The molecular weight excluding hydrogens is 302 g/mol. The van der Waals surface area contributed by atoms with Crippen LogP contribution in [0.3, 0.4) is 0 Å². The molecule has 0 atom stereocenters. The van der Waals surface area contributed by atoms with Gasteiger partial charge in [0.1, 0.15) is 10.7 Å². The lowest BCUT2D eigenvalue weighted by Gasteiger charge is -2.14. The molecule has 1 aromatic carbocycles. The van der Waals surface area contributed by atoms with Gasteiger partial charge in [-0.1, -0.05) is 0 Å². The zero-order chi connectivity index (χ0) is 15.4. The number of methoxy groups -OCH3 is 1. The zero-order valence-corrected chi connectivity index (χ0v) is 11.3. The molecule has 0 radical (unpaired) electrons. The van der Waals surface area contributed by atoms with Crippen LogP contribution in [0, 0.1) is 5.82 Å². The first kappa shape index (κ1) is 16.7. The fourth-order valence-electron chi connectivity index (χ4n) is 1.43. The lowest BCUT2D eigenvalue weighted by atomic mass is 10.3. The van der Waals surface area contributed by atoms with Gasteiger partial charge in [-0.2, -0.15) is 13.2 Å². The summed E-state index contributed by atoms with van der Waals surface area (Å²) in [6.07, 6.45) is 0.458. The molecule has 1 rings (SSSR count). The Bertz CT molecular complexity index is 557. The molecule has 0 aliphatic carbocycles. The van der Waals surface area contributed by atoms with E-state index in [0.717, 1.165) is 12.1 Å². The third-order valence-electron chi connectivity index (χ3n) is 2.38. The molecule has 0 aliphatic rings. The second-order valence-corrected chi connectivity index (χ2v) is 5.77. The Balaban J connectivity index is 3.09. The Kier molecular flexibility index (Phi) is 5.35. The van der Waals surface area contributed by atoms with E-state index in [9.17, 15) is 26.0 Å². The molecule has 9 heteroatoms. The largest absolute Gasteiger partial charge is 0.501 e. The van der Waals surface area contributed by atoms with Crippen LogP contribution in [0.15, 0.2) is 23.1 Å². The summed E-state index contributed by atoms with van der Waals surface area (Å²) in [4.78, 5) is -1.12. The smallest absolute Gasteiger partial charge is 0.385 e. The molecule has 0 amide bonds. The molecule has 0 fully saturated rings. The molecule has 0 saturated heterocycles. The fourth-order valence-corrected chi connectivity index (χ4v) is 2.38. The maximum absolute atomic E-state index is 13.0. The van der Waals surface area contributed by atoms with Crippen LogP contribution in [-0.2, 0) is 14.6 Å². The van der Waals surface area contributed by atoms with Crippen LogP contribution in [0.5, 0.6) is 0 Å². The van der Waals surface area contributed by atoms with E-state index in [-0.39, 0.29) is 12.2 Å². The van der Waals surface area contributed by atoms with Gasteiger partial charge in [0.25, 0.3) is 9.84 Å². The van der Waals surface area contributed by atoms with Crippen molar-refractivity contribution in [1.29, 1.82) is 0 Å². The Hall–Kier alpha value is -1.35. The molecule has 0 heterocycles. The maximum atomic E-state index is 13.0. The zero-order valence-electron chi connectivity index (χ0n) is 10.5. The quantitative estimate of drug-likeness (QED) is 0.647. The number of hydrogen-bond acceptors (Lipinski definition) is 4. The first-order valence-corrected chi connectivity index (χ1v) is 7.02. The van der Waals surface area contributed by atoms with Crippen molar-refractivity contribution in [2.24, 2.45) is 0 Å². The van der Waals surface area contributed by atoms with E-state index in [1.54, 1.807) is 0 Å². The topological polar surface area (TPSA) is 55.4 Å². The number of ether oxygens (including phenoxy) is 1. The average Bonchev–Trinajstić information content (AvgIpc) is 2.34. The molecule has 0 spiro atoms. The van der Waals surface area contributed by atoms with Crippen molar-refractivity contribution in [3.63, 3.8) is 0 Å². The van der Waals surface area contributed by atoms with Crippen molar-refractivity contribution in [2.75, 3.05) is 25.6 Å². The highest BCUT2D eigenvalue weighted by atomic mass is 32.2. The Labute approximate surface area is 113 Å². The number of benzene rings is 1. The van der Waals surface area contributed by atoms with E-state index >= 15 is 0 Å². The summed E-state index contributed by atoms with van der Waals surface area (Å²) in [5.74, 6) is -1.06. The van der Waals surface area contributed by atoms with Crippen molar-refractivity contribution in [2.45, 2.75) is 16.8 Å². The number of sulfone groups is 1. The molecule has 1 N–H and O–H groups in total. The van der Waals surface area contributed by atoms with Gasteiger partial charge in [0.05, 0.1) is 5.69 Å². The number of rotatable bonds is 6. The molecule has 0 aliphatic heterocycles. The van der Waals surface area contributed by atoms with Gasteiger partial charge in [-0.25, -0.2) is 12.8 Å². The van der Waals surface area contributed by atoms with Crippen molar-refractivity contribution < 1.29 is 30.7 Å². The lowest BCUT2D eigenvalue weighted by molar-refractivity contribution is -0.0435. The van der Waals surface area contributed by atoms with Gasteiger partial charge in [-0.05, 0) is 24.6 Å². The normalized spacial score (nSPS) is 12.4. The highest BCUT2D eigenvalue weighted by Crippen LogP contribution is 2.34. The Morgan fingerprint density at radius 3 is 2.50 bits per heavy atom. The minimum Gasteiger partial charge on any atom is -0.385 e. The van der Waals surface area contributed by atoms with Crippen molar-refractivity contribution in [1.82, 2.24) is 0 Å². The van der Waals surface area contributed by atoms with Crippen LogP contribution in [0.2, 0.25) is 0 Å². The summed E-state index contributed by atoms with van der Waals surface area (Å²) < 4.78 is 78.0. The Morgan fingerprint density at radius 1 is 1.30 bits per heavy atom. The van der Waals surface area contributed by atoms with Crippen LogP contribution in [0.1, 0.15) is 6.42 Å². The minimum absolute atomic E-state index is 0.194. The molecule has 114 valence electrons. The van der Waals surface area contributed by atoms with Crippen LogP contribution in [0.25, 0.3) is 0 Å². The van der Waals surface area contributed by atoms with Crippen molar-refractivity contribution >= 4 is 15.5 Å². The standard InChI is InChI=1S/C11H13F4NO3S/c1-19-6-2-5-16-9-4-3-8(12)7-10(9)20(17,18)11(13,14)15/h3-4,7,16H,2,5-6H2,1H3. The summed E-state index contributed by atoms with van der Waals surface area (Å²) in [6, 6.07) is 2.19. The van der Waals surface area contributed by atoms with Gasteiger partial charge in [0.2, 0.25) is 0 Å². The summed E-state index contributed by atoms with van der Waals surface area (Å²) >= 11 is 0. The van der Waals surface area contributed by atoms with E-state index in [1.807, 2.05) is 0 Å². The second-order valence-electron chi connectivity index (χ2n) is 3.86. The van der Waals surface area contributed by atoms with E-state index in [2.05, 4.69) is 5.32 Å². The molecular formula is C11H13F4NO3S. The van der Waals surface area contributed by atoms with Gasteiger partial charge < -0.3 is 10.1 Å². The van der Waals surface area contributed by atoms with Crippen molar-refractivity contribution in [3.8, 4) is 0 Å². The third-order valence-corrected chi connectivity index (χ3v) is 3.90. The highest BCUT2D eigenvalue weighted by Gasteiger charge is 2.48. The number of nitrogens with one attached hydrogen (secondary N) is 1. The van der Waals surface area contributed by atoms with Gasteiger partial charge in [-0.15, -0.1) is 0 Å². The van der Waals surface area contributed by atoms with Gasteiger partial charge >= 0.3 is 5.51 Å². The second kappa shape index (κ2) is 6.40. The van der Waals surface area contributed by atoms with Gasteiger partial charge in [0, 0.05) is 20.3 Å². The molecule has 4 nitrogen and oxygen atoms in total. The van der Waals surface area contributed by atoms with E-state index in [1.165, 1.54) is 7.11 Å². The molecule has 0 saturated carbocycles. The molecule has 0 bridgehead atoms. The molecule has 1 aromatic rings. The van der Waals surface area contributed by atoms with Gasteiger partial charge in [-0.3, -0.25) is 0 Å². The first-order valence-electron chi connectivity index (χ1n) is 5.54. The molecule has 0 unspecified atom stereocenters. The van der Waals surface area contributed by atoms with E-state index in [4.69, 9.17) is 4.74 Å². The number of hydrogen-bond donors (Lipinski definition) is 1. The fraction of sp³-hybridized carbons (Fsp3) is 0.455. The Morgan fingerprint density at radius 2 is 1.95 bits per heavy atom. The number of alkyl halides is 3. The summed E-state index contributed by atoms with van der Waals surface area (Å²) in [5.41, 5.74) is -5.77. The molecule has 20 heavy (non-hydrogen) atoms. The van der Waals surface area contributed by atoms with Crippen LogP contribution in [-0.4, -0.2) is 34.2 Å². The predicted molar refractivity (Wildman–Crippen MR) is 64.6 cm³/mol. The first-order chi connectivity index (χ1) is 9.20. The monoisotopic (exact) mass is 315 g/mol. The van der Waals surface area contributed by atoms with Crippen LogP contribution in [0.4, 0.5) is 23.2 Å². The minimum atomic E-state index is -5.61. The number of anilines is 1. The van der Waals surface area contributed by atoms with E-state index < -0.39 is 26.1 Å². The predicted octanol–water partition coefficient (Wildman–Crippen LogP) is 2.57. The maximum Gasteiger partial charge on any atom is 0.501 e. The molecule has 0 aromatic heterocycles. The summed E-state index contributed by atoms with van der Waals surface area (Å²) in [7, 11) is -4.15. The SMILES string of the molecule is COCCCNc1ccc(F)cc1S(=O)(=O)C(F)(F)F. The van der Waals surface area contributed by atoms with E-state index in [0.29, 0.717) is 19.1 Å². The number of halogens is 4. The van der Waals surface area contributed by atoms with Crippen LogP contribution >= 0.6 is 0 Å². The highest BCUT2D eigenvalue weighted by molar-refractivity contribution is 7.92. The average molecular weight is 315 g/mol. The summed E-state index contributed by atoms with van der Waals surface area (Å²) in [6.45, 7) is 0.551. The third kappa shape index (κ3) is 3.83. The lowest BCUT2D eigenvalue weighted by Crippen LogP contribution is -2.24. The summed E-state index contributed by atoms with van der Waals surface area (Å²) in [5, 5.41) is 2.53. The van der Waals surface area contributed by atoms with Gasteiger partial charge in [0.15, 0.2) is 0 Å².